The van der Waals surface area contributed by atoms with Gasteiger partial charge in [-0.05, 0) is 25.3 Å². The van der Waals surface area contributed by atoms with Crippen molar-refractivity contribution in [3.05, 3.63) is 40.6 Å². The molecule has 0 aliphatic rings. The Hall–Kier alpha value is -1.64. The van der Waals surface area contributed by atoms with Crippen LogP contribution in [-0.4, -0.2) is 9.55 Å². The van der Waals surface area contributed by atoms with Gasteiger partial charge in [-0.1, -0.05) is 6.07 Å². The van der Waals surface area contributed by atoms with Crippen LogP contribution in [0.15, 0.2) is 30.0 Å². The molecule has 2 heterocycles. The maximum Gasteiger partial charge on any atom is 0.138 e. The van der Waals surface area contributed by atoms with Crippen molar-refractivity contribution in [2.45, 2.75) is 32.5 Å². The number of aromatic nitrogens is 2. The van der Waals surface area contributed by atoms with Crippen molar-refractivity contribution in [3.63, 3.8) is 0 Å². The Morgan fingerprint density at radius 3 is 3.00 bits per heavy atom. The van der Waals surface area contributed by atoms with E-state index in [1.807, 2.05) is 16.0 Å². The Morgan fingerprint density at radius 1 is 1.56 bits per heavy atom. The predicted molar refractivity (Wildman–Crippen MR) is 72.1 cm³/mol. The van der Waals surface area contributed by atoms with E-state index >= 15 is 0 Å². The smallest absolute Gasteiger partial charge is 0.138 e. The summed E-state index contributed by atoms with van der Waals surface area (Å²) in [6.07, 6.45) is 3.53. The van der Waals surface area contributed by atoms with E-state index in [-0.39, 0.29) is 6.04 Å². The maximum atomic E-state index is 9.28. The molecule has 0 saturated carbocycles. The largest absolute Gasteiger partial charge is 0.330 e. The van der Waals surface area contributed by atoms with Gasteiger partial charge in [0.05, 0.1) is 24.3 Å². The van der Waals surface area contributed by atoms with Crippen LogP contribution < -0.4 is 5.32 Å². The molecule has 0 bridgehead atoms. The summed E-state index contributed by atoms with van der Waals surface area (Å²) in [6, 6.07) is 6.36. The summed E-state index contributed by atoms with van der Waals surface area (Å²) < 4.78 is 2.02. The van der Waals surface area contributed by atoms with Gasteiger partial charge in [-0.2, -0.15) is 5.26 Å². The van der Waals surface area contributed by atoms with Gasteiger partial charge in [-0.25, -0.2) is 4.98 Å². The minimum atomic E-state index is -0.322. The molecule has 0 saturated heterocycles. The van der Waals surface area contributed by atoms with Crippen LogP contribution in [0.3, 0.4) is 0 Å². The zero-order valence-electron chi connectivity index (χ0n) is 10.5. The Balaban J connectivity index is 2.09. The van der Waals surface area contributed by atoms with Gasteiger partial charge in [0.1, 0.15) is 6.04 Å². The van der Waals surface area contributed by atoms with Gasteiger partial charge < -0.3 is 4.57 Å². The fourth-order valence-electron chi connectivity index (χ4n) is 1.80. The molecule has 0 aromatic carbocycles. The third kappa shape index (κ3) is 2.78. The number of rotatable bonds is 5. The van der Waals surface area contributed by atoms with Crippen LogP contribution in [0.2, 0.25) is 0 Å². The third-order valence-electron chi connectivity index (χ3n) is 2.74. The van der Waals surface area contributed by atoms with E-state index in [0.29, 0.717) is 12.6 Å². The number of hydrogen-bond acceptors (Lipinski definition) is 4. The highest BCUT2D eigenvalue weighted by atomic mass is 32.1. The Labute approximate surface area is 111 Å². The van der Waals surface area contributed by atoms with Gasteiger partial charge >= 0.3 is 0 Å². The van der Waals surface area contributed by atoms with Crippen LogP contribution in [0.5, 0.6) is 0 Å². The van der Waals surface area contributed by atoms with E-state index in [4.69, 9.17) is 0 Å². The SMILES string of the molecule is CC(C)n1cncc1C(C#N)NCc1cccs1. The van der Waals surface area contributed by atoms with E-state index in [1.54, 1.807) is 23.9 Å². The van der Waals surface area contributed by atoms with Gasteiger partial charge in [-0.15, -0.1) is 11.3 Å². The molecule has 0 amide bonds. The molecule has 0 radical (unpaired) electrons. The fraction of sp³-hybridized carbons (Fsp3) is 0.385. The molecule has 4 nitrogen and oxygen atoms in total. The number of nitriles is 1. The van der Waals surface area contributed by atoms with Crippen molar-refractivity contribution in [1.82, 2.24) is 14.9 Å². The number of thiophene rings is 1. The van der Waals surface area contributed by atoms with Crippen LogP contribution in [0.4, 0.5) is 0 Å². The molecule has 0 aliphatic heterocycles. The lowest BCUT2D eigenvalue weighted by Gasteiger charge is -2.16. The van der Waals surface area contributed by atoms with Gasteiger partial charge in [0.25, 0.3) is 0 Å². The second kappa shape index (κ2) is 5.80. The fourth-order valence-corrected chi connectivity index (χ4v) is 2.46. The van der Waals surface area contributed by atoms with Crippen LogP contribution in [0.1, 0.15) is 36.5 Å². The first-order valence-electron chi connectivity index (χ1n) is 5.89. The topological polar surface area (TPSA) is 53.6 Å². The van der Waals surface area contributed by atoms with Crippen molar-refractivity contribution < 1.29 is 0 Å². The Bertz CT molecular complexity index is 521. The van der Waals surface area contributed by atoms with Gasteiger partial charge in [-0.3, -0.25) is 5.32 Å². The third-order valence-corrected chi connectivity index (χ3v) is 3.61. The lowest BCUT2D eigenvalue weighted by molar-refractivity contribution is 0.527. The molecular weight excluding hydrogens is 244 g/mol. The van der Waals surface area contributed by atoms with E-state index in [0.717, 1.165) is 5.69 Å². The van der Waals surface area contributed by atoms with Crippen LogP contribution in [-0.2, 0) is 6.54 Å². The molecule has 5 heteroatoms. The normalized spacial score (nSPS) is 12.6. The average Bonchev–Trinajstić information content (AvgIpc) is 2.99. The van der Waals surface area contributed by atoms with E-state index in [1.165, 1.54) is 4.88 Å². The summed E-state index contributed by atoms with van der Waals surface area (Å²) in [5.74, 6) is 0. The molecule has 2 rings (SSSR count). The minimum Gasteiger partial charge on any atom is -0.330 e. The molecule has 2 aromatic heterocycles. The maximum absolute atomic E-state index is 9.28. The number of nitrogens with one attached hydrogen (secondary N) is 1. The lowest BCUT2D eigenvalue weighted by Crippen LogP contribution is -2.22. The summed E-state index contributed by atoms with van der Waals surface area (Å²) in [7, 11) is 0. The molecule has 1 N–H and O–H groups in total. The molecular formula is C13H16N4S. The molecule has 2 aromatic rings. The van der Waals surface area contributed by atoms with Crippen molar-refractivity contribution in [3.8, 4) is 6.07 Å². The van der Waals surface area contributed by atoms with Crippen molar-refractivity contribution in [2.75, 3.05) is 0 Å². The highest BCUT2D eigenvalue weighted by Crippen LogP contribution is 2.18. The second-order valence-electron chi connectivity index (χ2n) is 4.34. The first-order valence-corrected chi connectivity index (χ1v) is 6.77. The first kappa shape index (κ1) is 12.8. The lowest BCUT2D eigenvalue weighted by atomic mass is 10.2. The summed E-state index contributed by atoms with van der Waals surface area (Å²) in [4.78, 5) is 5.36. The minimum absolute atomic E-state index is 0.307. The van der Waals surface area contributed by atoms with E-state index in [9.17, 15) is 5.26 Å². The standard InChI is InChI=1S/C13H16N4S/c1-10(2)17-9-15-8-13(17)12(6-14)16-7-11-4-3-5-18-11/h3-5,8-10,12,16H,7H2,1-2H3. The molecule has 1 atom stereocenters. The van der Waals surface area contributed by atoms with Crippen LogP contribution in [0.25, 0.3) is 0 Å². The first-order chi connectivity index (χ1) is 8.72. The molecule has 1 unspecified atom stereocenters. The summed E-state index contributed by atoms with van der Waals surface area (Å²) >= 11 is 1.69. The van der Waals surface area contributed by atoms with Crippen LogP contribution in [0, 0.1) is 11.3 Å². The second-order valence-corrected chi connectivity index (χ2v) is 5.37. The molecule has 0 spiro atoms. The van der Waals surface area contributed by atoms with Gasteiger partial charge in [0.15, 0.2) is 0 Å². The highest BCUT2D eigenvalue weighted by molar-refractivity contribution is 7.09. The Morgan fingerprint density at radius 2 is 2.39 bits per heavy atom. The number of nitrogens with zero attached hydrogens (tertiary/aromatic N) is 3. The highest BCUT2D eigenvalue weighted by Gasteiger charge is 2.16. The molecule has 18 heavy (non-hydrogen) atoms. The molecule has 0 fully saturated rings. The zero-order valence-corrected chi connectivity index (χ0v) is 11.3. The molecule has 0 aliphatic carbocycles. The van der Waals surface area contributed by atoms with E-state index in [2.05, 4.69) is 36.3 Å². The quantitative estimate of drug-likeness (QED) is 0.899. The number of hydrogen-bond donors (Lipinski definition) is 1. The van der Waals surface area contributed by atoms with Crippen molar-refractivity contribution >= 4 is 11.3 Å². The Kier molecular flexibility index (Phi) is 4.13. The van der Waals surface area contributed by atoms with Crippen molar-refractivity contribution in [2.24, 2.45) is 0 Å². The summed E-state index contributed by atoms with van der Waals surface area (Å²) in [6.45, 7) is 4.87. The van der Waals surface area contributed by atoms with E-state index < -0.39 is 0 Å². The van der Waals surface area contributed by atoms with Crippen LogP contribution >= 0.6 is 11.3 Å². The monoisotopic (exact) mass is 260 g/mol. The van der Waals surface area contributed by atoms with Gasteiger partial charge in [0, 0.05) is 17.5 Å². The summed E-state index contributed by atoms with van der Waals surface area (Å²) in [5.41, 5.74) is 0.920. The van der Waals surface area contributed by atoms with Crippen molar-refractivity contribution in [1.29, 1.82) is 5.26 Å². The average molecular weight is 260 g/mol. The molecule has 94 valence electrons. The summed E-state index contributed by atoms with van der Waals surface area (Å²) in [5, 5.41) is 14.6. The van der Waals surface area contributed by atoms with Gasteiger partial charge in [0.2, 0.25) is 0 Å². The zero-order chi connectivity index (χ0) is 13.0. The number of imidazole rings is 1. The predicted octanol–water partition coefficient (Wildman–Crippen LogP) is 2.88.